The fraction of sp³-hybridized carbons (Fsp3) is 0.773. The molecule has 1 aliphatic heterocycles. The Hall–Kier alpha value is -1.10. The topological polar surface area (TPSA) is 70.1 Å². The number of rotatable bonds is 5. The minimum absolute atomic E-state index is 0. The SMILES string of the molecule is CN=C(NCc1sc(C)nc1C)N1CCC(N(CC2CC2)C(=O)OC(C)(C)C)CC1.I. The van der Waals surface area contributed by atoms with Crippen molar-refractivity contribution in [2.75, 3.05) is 26.7 Å². The summed E-state index contributed by atoms with van der Waals surface area (Å²) in [7, 11) is 1.83. The highest BCUT2D eigenvalue weighted by Gasteiger charge is 2.35. The molecule has 176 valence electrons. The van der Waals surface area contributed by atoms with Crippen molar-refractivity contribution in [1.82, 2.24) is 20.1 Å². The van der Waals surface area contributed by atoms with Crippen molar-refractivity contribution in [2.24, 2.45) is 10.9 Å². The van der Waals surface area contributed by atoms with Crippen LogP contribution in [-0.2, 0) is 11.3 Å². The predicted octanol–water partition coefficient (Wildman–Crippen LogP) is 4.56. The minimum atomic E-state index is -0.460. The van der Waals surface area contributed by atoms with Crippen LogP contribution in [0.5, 0.6) is 0 Å². The first kappa shape index (κ1) is 26.2. The highest BCUT2D eigenvalue weighted by Crippen LogP contribution is 2.32. The van der Waals surface area contributed by atoms with Gasteiger partial charge in [-0.3, -0.25) is 4.99 Å². The fourth-order valence-electron chi connectivity index (χ4n) is 3.89. The molecule has 1 saturated carbocycles. The smallest absolute Gasteiger partial charge is 0.410 e. The van der Waals surface area contributed by atoms with Crippen LogP contribution < -0.4 is 5.32 Å². The van der Waals surface area contributed by atoms with Gasteiger partial charge in [0.25, 0.3) is 0 Å². The summed E-state index contributed by atoms with van der Waals surface area (Å²) >= 11 is 1.73. The molecule has 1 N–H and O–H groups in total. The Labute approximate surface area is 208 Å². The largest absolute Gasteiger partial charge is 0.444 e. The Balaban J connectivity index is 0.00000341. The van der Waals surface area contributed by atoms with Gasteiger partial charge in [-0.05, 0) is 66.2 Å². The van der Waals surface area contributed by atoms with E-state index in [0.29, 0.717) is 5.92 Å². The molecule has 3 rings (SSSR count). The lowest BCUT2D eigenvalue weighted by molar-refractivity contribution is 0.00928. The summed E-state index contributed by atoms with van der Waals surface area (Å²) in [6.07, 6.45) is 4.17. The van der Waals surface area contributed by atoms with Crippen LogP contribution in [0.25, 0.3) is 0 Å². The molecule has 1 saturated heterocycles. The quantitative estimate of drug-likeness (QED) is 0.323. The van der Waals surface area contributed by atoms with Crippen molar-refractivity contribution in [3.8, 4) is 0 Å². The second-order valence-electron chi connectivity index (χ2n) is 9.44. The molecule has 0 spiro atoms. The number of carbonyl (C=O) groups excluding carboxylic acids is 1. The van der Waals surface area contributed by atoms with E-state index in [9.17, 15) is 4.79 Å². The monoisotopic (exact) mass is 563 g/mol. The standard InChI is InChI=1S/C22H37N5O2S.HI/c1-15-19(30-16(2)25-15)13-24-20(23-6)26-11-9-18(10-12-26)27(14-17-7-8-17)21(28)29-22(3,4)5;/h17-18H,7-14H2,1-6H3,(H,23,24);1H. The van der Waals surface area contributed by atoms with Crippen LogP contribution in [0.15, 0.2) is 4.99 Å². The molecule has 1 amide bonds. The summed E-state index contributed by atoms with van der Waals surface area (Å²) in [6, 6.07) is 0.237. The molecule has 1 aromatic rings. The van der Waals surface area contributed by atoms with Gasteiger partial charge >= 0.3 is 6.09 Å². The number of aliphatic imine (C=N–C) groups is 1. The summed E-state index contributed by atoms with van der Waals surface area (Å²) in [5.41, 5.74) is 0.630. The zero-order valence-corrected chi connectivity index (χ0v) is 22.9. The number of ether oxygens (including phenoxy) is 1. The lowest BCUT2D eigenvalue weighted by Crippen LogP contribution is -2.52. The van der Waals surface area contributed by atoms with Gasteiger partial charge in [0, 0.05) is 37.6 Å². The molecule has 1 aromatic heterocycles. The van der Waals surface area contributed by atoms with Gasteiger partial charge in [-0.25, -0.2) is 9.78 Å². The van der Waals surface area contributed by atoms with Crippen molar-refractivity contribution in [3.63, 3.8) is 0 Å². The third-order valence-electron chi connectivity index (χ3n) is 5.60. The van der Waals surface area contributed by atoms with Crippen molar-refractivity contribution in [2.45, 2.75) is 78.5 Å². The second-order valence-corrected chi connectivity index (χ2v) is 10.7. The first-order chi connectivity index (χ1) is 14.2. The van der Waals surface area contributed by atoms with Gasteiger partial charge in [0.05, 0.1) is 17.2 Å². The first-order valence-corrected chi connectivity index (χ1v) is 11.9. The fourth-order valence-corrected chi connectivity index (χ4v) is 4.77. The Bertz CT molecular complexity index is 764. The molecule has 0 unspecified atom stereocenters. The average molecular weight is 564 g/mol. The summed E-state index contributed by atoms with van der Waals surface area (Å²) in [4.78, 5) is 27.4. The number of nitrogens with one attached hydrogen (secondary N) is 1. The van der Waals surface area contributed by atoms with Crippen molar-refractivity contribution < 1.29 is 9.53 Å². The number of aryl methyl sites for hydroxylation is 2. The number of carbonyl (C=O) groups is 1. The van der Waals surface area contributed by atoms with Crippen LogP contribution in [0.4, 0.5) is 4.79 Å². The van der Waals surface area contributed by atoms with E-state index in [1.54, 1.807) is 11.3 Å². The number of aromatic nitrogens is 1. The molecule has 0 atom stereocenters. The zero-order chi connectivity index (χ0) is 21.9. The van der Waals surface area contributed by atoms with Gasteiger partial charge in [0.2, 0.25) is 0 Å². The van der Waals surface area contributed by atoms with Crippen LogP contribution in [0.1, 0.15) is 62.0 Å². The maximum absolute atomic E-state index is 12.8. The number of thiazole rings is 1. The van der Waals surface area contributed by atoms with E-state index in [4.69, 9.17) is 4.74 Å². The number of likely N-dealkylation sites (tertiary alicyclic amines) is 1. The molecule has 7 nitrogen and oxygen atoms in total. The van der Waals surface area contributed by atoms with E-state index in [1.807, 2.05) is 39.6 Å². The Morgan fingerprint density at radius 3 is 2.39 bits per heavy atom. The Morgan fingerprint density at radius 1 is 1.26 bits per heavy atom. The van der Waals surface area contributed by atoms with Crippen molar-refractivity contribution in [1.29, 1.82) is 0 Å². The molecule has 31 heavy (non-hydrogen) atoms. The molecule has 0 radical (unpaired) electrons. The zero-order valence-electron chi connectivity index (χ0n) is 19.7. The van der Waals surface area contributed by atoms with E-state index in [1.165, 1.54) is 17.7 Å². The molecule has 9 heteroatoms. The van der Waals surface area contributed by atoms with Crippen LogP contribution in [0.2, 0.25) is 0 Å². The highest BCUT2D eigenvalue weighted by molar-refractivity contribution is 14.0. The Morgan fingerprint density at radius 2 is 1.90 bits per heavy atom. The lowest BCUT2D eigenvalue weighted by atomic mass is 10.0. The first-order valence-electron chi connectivity index (χ1n) is 11.0. The second kappa shape index (κ2) is 11.2. The third-order valence-corrected chi connectivity index (χ3v) is 6.68. The molecule has 2 heterocycles. The van der Waals surface area contributed by atoms with Crippen molar-refractivity contribution >= 4 is 47.4 Å². The summed E-state index contributed by atoms with van der Waals surface area (Å²) in [6.45, 7) is 13.2. The van der Waals surface area contributed by atoms with E-state index in [2.05, 4.69) is 27.1 Å². The molecular weight excluding hydrogens is 525 g/mol. The maximum atomic E-state index is 12.8. The van der Waals surface area contributed by atoms with Gasteiger partial charge in [0.15, 0.2) is 5.96 Å². The molecular formula is C22H38IN5O2S. The van der Waals surface area contributed by atoms with E-state index >= 15 is 0 Å². The molecule has 2 fully saturated rings. The van der Waals surface area contributed by atoms with E-state index in [0.717, 1.165) is 55.7 Å². The van der Waals surface area contributed by atoms with Gasteiger partial charge in [0.1, 0.15) is 5.60 Å². The van der Waals surface area contributed by atoms with Gasteiger partial charge < -0.3 is 19.9 Å². The van der Waals surface area contributed by atoms with Crippen LogP contribution in [-0.4, -0.2) is 65.2 Å². The Kier molecular flexibility index (Phi) is 9.41. The number of hydrogen-bond acceptors (Lipinski definition) is 5. The number of nitrogens with zero attached hydrogens (tertiary/aromatic N) is 4. The summed E-state index contributed by atoms with van der Waals surface area (Å²) < 4.78 is 5.71. The molecule has 0 aromatic carbocycles. The van der Waals surface area contributed by atoms with Crippen molar-refractivity contribution in [3.05, 3.63) is 15.6 Å². The van der Waals surface area contributed by atoms with E-state index in [-0.39, 0.29) is 36.1 Å². The van der Waals surface area contributed by atoms with E-state index < -0.39 is 5.60 Å². The number of hydrogen-bond donors (Lipinski definition) is 1. The summed E-state index contributed by atoms with van der Waals surface area (Å²) in [5, 5.41) is 4.59. The maximum Gasteiger partial charge on any atom is 0.410 e. The third kappa shape index (κ3) is 7.76. The minimum Gasteiger partial charge on any atom is -0.444 e. The summed E-state index contributed by atoms with van der Waals surface area (Å²) in [5.74, 6) is 1.57. The average Bonchev–Trinajstić information content (AvgIpc) is 3.43. The number of piperidine rings is 1. The number of halogens is 1. The van der Waals surface area contributed by atoms with Gasteiger partial charge in [-0.1, -0.05) is 0 Å². The predicted molar refractivity (Wildman–Crippen MR) is 137 cm³/mol. The molecule has 1 aliphatic carbocycles. The van der Waals surface area contributed by atoms with Crippen LogP contribution in [0, 0.1) is 19.8 Å². The van der Waals surface area contributed by atoms with Crippen LogP contribution >= 0.6 is 35.3 Å². The molecule has 0 bridgehead atoms. The van der Waals surface area contributed by atoms with Gasteiger partial charge in [-0.2, -0.15) is 0 Å². The lowest BCUT2D eigenvalue weighted by Gasteiger charge is -2.40. The molecule has 2 aliphatic rings. The van der Waals surface area contributed by atoms with Crippen LogP contribution in [0.3, 0.4) is 0 Å². The number of amides is 1. The van der Waals surface area contributed by atoms with Gasteiger partial charge in [-0.15, -0.1) is 35.3 Å². The normalized spacial score (nSPS) is 17.9. The highest BCUT2D eigenvalue weighted by atomic mass is 127. The number of guanidine groups is 1.